The van der Waals surface area contributed by atoms with Crippen LogP contribution in [0, 0.1) is 11.6 Å². The third-order valence-electron chi connectivity index (χ3n) is 2.33. The van der Waals surface area contributed by atoms with Crippen LogP contribution < -0.4 is 0 Å². The quantitative estimate of drug-likeness (QED) is 0.396. The van der Waals surface area contributed by atoms with Crippen LogP contribution in [0.1, 0.15) is 20.7 Å². The second-order valence-electron chi connectivity index (χ2n) is 3.85. The molecule has 2 N–H and O–H groups in total. The molecule has 0 unspecified atom stereocenters. The molecule has 2 rings (SSSR count). The van der Waals surface area contributed by atoms with Gasteiger partial charge in [0.15, 0.2) is 35.7 Å². The van der Waals surface area contributed by atoms with Gasteiger partial charge in [0.1, 0.15) is 0 Å². The molecule has 0 saturated carbocycles. The number of nitrogens with zero attached hydrogens (tertiary/aromatic N) is 1. The minimum atomic E-state index is -0.804. The minimum absolute atomic E-state index is 0.0278. The molecule has 24 heavy (non-hydrogen) atoms. The van der Waals surface area contributed by atoms with Gasteiger partial charge in [0.2, 0.25) is 0 Å². The van der Waals surface area contributed by atoms with Crippen LogP contribution in [0.25, 0.3) is 0 Å². The summed E-state index contributed by atoms with van der Waals surface area (Å²) >= 11 is 6.17. The fourth-order valence-corrected chi connectivity index (χ4v) is 1.75. The van der Waals surface area contributed by atoms with Crippen LogP contribution in [0.4, 0.5) is 8.78 Å². The van der Waals surface area contributed by atoms with Gasteiger partial charge in [-0.15, -0.1) is 0 Å². The van der Waals surface area contributed by atoms with E-state index in [2.05, 4.69) is 40.7 Å². The van der Waals surface area contributed by atoms with Gasteiger partial charge in [0.05, 0.1) is 11.1 Å². The van der Waals surface area contributed by atoms with Crippen molar-refractivity contribution in [2.45, 2.75) is 0 Å². The van der Waals surface area contributed by atoms with E-state index in [-0.39, 0.29) is 11.1 Å². The second kappa shape index (κ2) is 11.5. The zero-order chi connectivity index (χ0) is 18.7. The van der Waals surface area contributed by atoms with E-state index in [1.807, 2.05) is 0 Å². The number of phenols is 2. The molecule has 0 spiro atoms. The Bertz CT molecular complexity index is 734. The Labute approximate surface area is 151 Å². The van der Waals surface area contributed by atoms with Crippen molar-refractivity contribution in [3.05, 3.63) is 57.6 Å². The van der Waals surface area contributed by atoms with Crippen LogP contribution >= 0.6 is 28.7 Å². The molecular weight excluding hydrogens is 407 g/mol. The number of aldehydes is 2. The maximum atomic E-state index is 12.6. The maximum absolute atomic E-state index is 12.6. The first kappa shape index (κ1) is 21.9. The van der Waals surface area contributed by atoms with Gasteiger partial charge in [-0.05, 0) is 24.3 Å². The Morgan fingerprint density at radius 3 is 2.00 bits per heavy atom. The molecule has 0 aliphatic heterocycles. The number of hydrogen-bond donors (Lipinski definition) is 3. The van der Waals surface area contributed by atoms with Crippen LogP contribution in [-0.2, 0) is 0 Å². The van der Waals surface area contributed by atoms with E-state index < -0.39 is 23.1 Å². The van der Waals surface area contributed by atoms with Gasteiger partial charge in [-0.3, -0.25) is 9.59 Å². The van der Waals surface area contributed by atoms with Crippen molar-refractivity contribution in [3.8, 4) is 11.5 Å². The fraction of sp³-hybridized carbons (Fsp3) is 0. The van der Waals surface area contributed by atoms with Crippen LogP contribution in [0.3, 0.4) is 0 Å². The molecule has 0 atom stereocenters. The van der Waals surface area contributed by atoms with E-state index in [0.29, 0.717) is 17.0 Å². The van der Waals surface area contributed by atoms with Gasteiger partial charge in [-0.2, -0.15) is 0 Å². The topological polar surface area (TPSA) is 87.0 Å². The zero-order valence-electron chi connectivity index (χ0n) is 11.9. The summed E-state index contributed by atoms with van der Waals surface area (Å²) in [6, 6.07) is 6.21. The fourth-order valence-electron chi connectivity index (χ4n) is 1.30. The summed E-state index contributed by atoms with van der Waals surface area (Å²) in [4.78, 5) is 20.2. The van der Waals surface area contributed by atoms with Crippen molar-refractivity contribution in [3.63, 3.8) is 0 Å². The van der Waals surface area contributed by atoms with Crippen LogP contribution in [0.5, 0.6) is 11.5 Å². The number of thiol groups is 1. The SMILES string of the molecule is O=Cc1cc(Br)cc(F)c1O.O=Cc1cccc(F)c1O.[B]=NS. The summed E-state index contributed by atoms with van der Waals surface area (Å²) in [6.07, 6.45) is 0.793. The molecule has 10 heteroatoms. The molecule has 0 saturated heterocycles. The van der Waals surface area contributed by atoms with E-state index in [1.165, 1.54) is 18.2 Å². The molecule has 2 aromatic rings. The number of rotatable bonds is 2. The standard InChI is InChI=1S/C7H4BrFO2.C7H5FO2.BHNS/c8-5-1-4(3-10)7(11)6(9)2-5;8-6-3-1-2-5(4-9)7(6)10;1-2-3/h1-3,11H;1-4,10H;3H. The number of carbonyl (C=O) groups is 2. The van der Waals surface area contributed by atoms with E-state index in [1.54, 1.807) is 0 Å². The third-order valence-corrected chi connectivity index (χ3v) is 2.79. The summed E-state index contributed by atoms with van der Waals surface area (Å²) in [5.41, 5.74) is -0.0862. The van der Waals surface area contributed by atoms with E-state index in [4.69, 9.17) is 10.2 Å². The van der Waals surface area contributed by atoms with E-state index in [9.17, 15) is 18.4 Å². The molecule has 125 valence electrons. The van der Waals surface area contributed by atoms with Crippen LogP contribution in [0.15, 0.2) is 39.1 Å². The number of hydrogen-bond acceptors (Lipinski definition) is 6. The van der Waals surface area contributed by atoms with Crippen molar-refractivity contribution < 1.29 is 28.6 Å². The van der Waals surface area contributed by atoms with Gasteiger partial charge in [-0.25, -0.2) is 8.78 Å². The molecule has 0 aliphatic carbocycles. The number of carbonyl (C=O) groups excluding carboxylic acids is 2. The first-order chi connectivity index (χ1) is 11.3. The molecule has 1 radical (unpaired) electrons. The van der Waals surface area contributed by atoms with Gasteiger partial charge < -0.3 is 10.2 Å². The number of benzene rings is 2. The number of halogens is 3. The van der Waals surface area contributed by atoms with E-state index in [0.717, 1.165) is 12.1 Å². The molecule has 0 amide bonds. The second-order valence-corrected chi connectivity index (χ2v) is 5.00. The Hall–Kier alpha value is -2.07. The van der Waals surface area contributed by atoms with Gasteiger partial charge >= 0.3 is 24.8 Å². The summed E-state index contributed by atoms with van der Waals surface area (Å²) in [6.45, 7) is 0. The summed E-state index contributed by atoms with van der Waals surface area (Å²) in [5.74, 6) is -2.77. The zero-order valence-corrected chi connectivity index (χ0v) is 14.3. The first-order valence-corrected chi connectivity index (χ1v) is 7.11. The summed E-state index contributed by atoms with van der Waals surface area (Å²) in [7, 11) is 4.34. The first-order valence-electron chi connectivity index (χ1n) is 5.92. The molecule has 2 aromatic carbocycles. The predicted octanol–water partition coefficient (Wildman–Crippen LogP) is 3.63. The molecule has 0 bridgehead atoms. The molecule has 0 aliphatic rings. The number of aromatic hydroxyl groups is 2. The average molecular weight is 417 g/mol. The van der Waals surface area contributed by atoms with Crippen molar-refractivity contribution in [2.75, 3.05) is 0 Å². The average Bonchev–Trinajstić information content (AvgIpc) is 2.55. The normalized spacial score (nSPS) is 8.79. The van der Waals surface area contributed by atoms with Crippen LogP contribution in [0.2, 0.25) is 0 Å². The molecular formula is C14H10BBrF2NO4S. The molecule has 5 nitrogen and oxygen atoms in total. The van der Waals surface area contributed by atoms with Gasteiger partial charge in [-0.1, -0.05) is 22.0 Å². The summed E-state index contributed by atoms with van der Waals surface area (Å²) < 4.78 is 28.1. The van der Waals surface area contributed by atoms with Crippen molar-refractivity contribution in [1.82, 2.24) is 0 Å². The van der Waals surface area contributed by atoms with E-state index >= 15 is 0 Å². The Morgan fingerprint density at radius 1 is 1.04 bits per heavy atom. The Morgan fingerprint density at radius 2 is 1.54 bits per heavy atom. The summed E-state index contributed by atoms with van der Waals surface area (Å²) in [5, 5.41) is 17.7. The third kappa shape index (κ3) is 7.01. The van der Waals surface area contributed by atoms with Crippen molar-refractivity contribution in [2.24, 2.45) is 4.30 Å². The van der Waals surface area contributed by atoms with Gasteiger partial charge in [0.25, 0.3) is 0 Å². The number of para-hydroxylation sites is 1. The Balaban J connectivity index is 0.000000381. The van der Waals surface area contributed by atoms with Crippen molar-refractivity contribution >= 4 is 49.0 Å². The molecule has 0 fully saturated rings. The monoisotopic (exact) mass is 416 g/mol. The Kier molecular flexibility index (Phi) is 10.5. The molecule has 0 heterocycles. The molecule has 0 aromatic heterocycles. The predicted molar refractivity (Wildman–Crippen MR) is 91.8 cm³/mol. The van der Waals surface area contributed by atoms with Gasteiger partial charge in [0, 0.05) is 4.47 Å². The van der Waals surface area contributed by atoms with Crippen molar-refractivity contribution in [1.29, 1.82) is 0 Å². The number of phenolic OH excluding ortho intramolecular Hbond substituents is 2. The van der Waals surface area contributed by atoms with Crippen LogP contribution in [-0.4, -0.2) is 30.4 Å².